The lowest BCUT2D eigenvalue weighted by molar-refractivity contribution is -0.121. The van der Waals surface area contributed by atoms with Crippen molar-refractivity contribution in [1.29, 1.82) is 0 Å². The molecule has 2 aromatic rings. The molecular formula is C17H11BrFNO2S2. The monoisotopic (exact) mass is 423 g/mol. The van der Waals surface area contributed by atoms with E-state index >= 15 is 0 Å². The van der Waals surface area contributed by atoms with Gasteiger partial charge in [-0.2, -0.15) is 0 Å². The lowest BCUT2D eigenvalue weighted by atomic mass is 10.1. The lowest BCUT2D eigenvalue weighted by Gasteiger charge is -2.10. The lowest BCUT2D eigenvalue weighted by Crippen LogP contribution is -2.27. The summed E-state index contributed by atoms with van der Waals surface area (Å²) in [5, 5.41) is 0. The number of hydrogen-bond donors (Lipinski definition) is 0. The third-order valence-electron chi connectivity index (χ3n) is 3.28. The number of carbonyl (C=O) groups is 1. The van der Waals surface area contributed by atoms with Gasteiger partial charge in [-0.3, -0.25) is 9.69 Å². The smallest absolute Gasteiger partial charge is 0.266 e. The molecule has 3 rings (SSSR count). The van der Waals surface area contributed by atoms with Crippen molar-refractivity contribution < 1.29 is 13.6 Å². The van der Waals surface area contributed by atoms with Crippen molar-refractivity contribution in [2.75, 3.05) is 6.54 Å². The molecule has 1 amide bonds. The van der Waals surface area contributed by atoms with E-state index in [1.54, 1.807) is 36.4 Å². The summed E-state index contributed by atoms with van der Waals surface area (Å²) < 4.78 is 20.8. The normalized spacial score (nSPS) is 16.2. The molecule has 0 saturated carbocycles. The maximum absolute atomic E-state index is 14.0. The van der Waals surface area contributed by atoms with Crippen LogP contribution in [0.5, 0.6) is 0 Å². The van der Waals surface area contributed by atoms with Crippen molar-refractivity contribution in [3.05, 3.63) is 63.9 Å². The van der Waals surface area contributed by atoms with Crippen LogP contribution >= 0.6 is 39.9 Å². The SMILES string of the molecule is C=CCN1C(=O)/C(=C\c2ccc(-c3ccc(Br)cc3F)o2)SC1=S. The van der Waals surface area contributed by atoms with E-state index in [0.29, 0.717) is 37.3 Å². The molecule has 0 bridgehead atoms. The Labute approximate surface area is 156 Å². The van der Waals surface area contributed by atoms with Crippen LogP contribution in [0.3, 0.4) is 0 Å². The summed E-state index contributed by atoms with van der Waals surface area (Å²) in [4.78, 5) is 14.2. The maximum Gasteiger partial charge on any atom is 0.266 e. The van der Waals surface area contributed by atoms with Crippen LogP contribution in [0, 0.1) is 5.82 Å². The second-order valence-electron chi connectivity index (χ2n) is 4.91. The predicted molar refractivity (Wildman–Crippen MR) is 102 cm³/mol. The van der Waals surface area contributed by atoms with Crippen molar-refractivity contribution in [2.24, 2.45) is 0 Å². The maximum atomic E-state index is 14.0. The Kier molecular flexibility index (Phi) is 5.03. The Morgan fingerprint density at radius 1 is 1.38 bits per heavy atom. The van der Waals surface area contributed by atoms with Crippen LogP contribution in [-0.4, -0.2) is 21.7 Å². The van der Waals surface area contributed by atoms with Crippen molar-refractivity contribution in [2.45, 2.75) is 0 Å². The highest BCUT2D eigenvalue weighted by atomic mass is 79.9. The molecule has 1 aromatic heterocycles. The first-order chi connectivity index (χ1) is 11.5. The van der Waals surface area contributed by atoms with E-state index < -0.39 is 0 Å². The second kappa shape index (κ2) is 7.04. The summed E-state index contributed by atoms with van der Waals surface area (Å²) in [6, 6.07) is 8.10. The number of furan rings is 1. The number of hydrogen-bond acceptors (Lipinski definition) is 4. The fourth-order valence-corrected chi connectivity index (χ4v) is 3.77. The van der Waals surface area contributed by atoms with E-state index in [-0.39, 0.29) is 11.7 Å². The first-order valence-electron chi connectivity index (χ1n) is 6.91. The van der Waals surface area contributed by atoms with Gasteiger partial charge in [0.1, 0.15) is 21.7 Å². The highest BCUT2D eigenvalue weighted by molar-refractivity contribution is 9.10. The van der Waals surface area contributed by atoms with Gasteiger partial charge in [-0.25, -0.2) is 4.39 Å². The molecule has 0 aliphatic carbocycles. The molecule has 0 unspecified atom stereocenters. The minimum absolute atomic E-state index is 0.183. The minimum atomic E-state index is -0.386. The average molecular weight is 424 g/mol. The summed E-state index contributed by atoms with van der Waals surface area (Å²) in [5.74, 6) is 0.291. The molecule has 0 atom stereocenters. The van der Waals surface area contributed by atoms with Crippen LogP contribution in [0.25, 0.3) is 17.4 Å². The summed E-state index contributed by atoms with van der Waals surface area (Å²) in [7, 11) is 0. The Hall–Kier alpha value is -1.70. The van der Waals surface area contributed by atoms with Gasteiger partial charge >= 0.3 is 0 Å². The molecular weight excluding hydrogens is 413 g/mol. The molecule has 122 valence electrons. The van der Waals surface area contributed by atoms with E-state index in [9.17, 15) is 9.18 Å². The zero-order chi connectivity index (χ0) is 17.3. The van der Waals surface area contributed by atoms with Gasteiger partial charge in [-0.15, -0.1) is 6.58 Å². The van der Waals surface area contributed by atoms with Crippen molar-refractivity contribution >= 4 is 56.2 Å². The number of nitrogens with zero attached hydrogens (tertiary/aromatic N) is 1. The zero-order valence-corrected chi connectivity index (χ0v) is 15.5. The third-order valence-corrected chi connectivity index (χ3v) is 5.15. The largest absolute Gasteiger partial charge is 0.457 e. The molecule has 2 heterocycles. The zero-order valence-electron chi connectivity index (χ0n) is 12.3. The fourth-order valence-electron chi connectivity index (χ4n) is 2.18. The molecule has 1 aromatic carbocycles. The van der Waals surface area contributed by atoms with Gasteiger partial charge in [0.15, 0.2) is 0 Å². The van der Waals surface area contributed by atoms with Crippen LogP contribution in [0.1, 0.15) is 5.76 Å². The first-order valence-corrected chi connectivity index (χ1v) is 8.93. The molecule has 0 radical (unpaired) electrons. The highest BCUT2D eigenvalue weighted by Gasteiger charge is 2.31. The third kappa shape index (κ3) is 3.38. The van der Waals surface area contributed by atoms with Crippen LogP contribution < -0.4 is 0 Å². The van der Waals surface area contributed by atoms with E-state index in [1.165, 1.54) is 22.7 Å². The van der Waals surface area contributed by atoms with E-state index in [2.05, 4.69) is 22.5 Å². The molecule has 0 N–H and O–H groups in total. The van der Waals surface area contributed by atoms with Gasteiger partial charge in [-0.1, -0.05) is 46.0 Å². The van der Waals surface area contributed by atoms with Gasteiger partial charge in [0.2, 0.25) is 0 Å². The van der Waals surface area contributed by atoms with E-state index in [4.69, 9.17) is 16.6 Å². The van der Waals surface area contributed by atoms with Crippen molar-refractivity contribution in [3.8, 4) is 11.3 Å². The molecule has 1 aliphatic rings. The second-order valence-corrected chi connectivity index (χ2v) is 7.50. The summed E-state index contributed by atoms with van der Waals surface area (Å²) >= 11 is 9.61. The summed E-state index contributed by atoms with van der Waals surface area (Å²) in [5.41, 5.74) is 0.358. The standard InChI is InChI=1S/C17H11BrFNO2S2/c1-2-7-20-16(21)15(24-17(20)23)9-11-4-6-14(22-11)12-5-3-10(18)8-13(12)19/h2-6,8-9H,1,7H2/b15-9+. The topological polar surface area (TPSA) is 33.5 Å². The molecule has 0 spiro atoms. The van der Waals surface area contributed by atoms with E-state index in [1.807, 2.05) is 0 Å². The molecule has 7 heteroatoms. The van der Waals surface area contributed by atoms with Crippen molar-refractivity contribution in [1.82, 2.24) is 4.90 Å². The van der Waals surface area contributed by atoms with Crippen LogP contribution in [0.2, 0.25) is 0 Å². The number of thioether (sulfide) groups is 1. The van der Waals surface area contributed by atoms with Crippen LogP contribution in [-0.2, 0) is 4.79 Å². The van der Waals surface area contributed by atoms with E-state index in [0.717, 1.165) is 0 Å². The number of thiocarbonyl (C=S) groups is 1. The quantitative estimate of drug-likeness (QED) is 0.382. The Bertz CT molecular complexity index is 875. The van der Waals surface area contributed by atoms with Crippen molar-refractivity contribution in [3.63, 3.8) is 0 Å². The number of halogens is 2. The fraction of sp³-hybridized carbons (Fsp3) is 0.0588. The van der Waals surface area contributed by atoms with Gasteiger partial charge in [0.25, 0.3) is 5.91 Å². The first kappa shape index (κ1) is 17.1. The molecule has 1 aliphatic heterocycles. The molecule has 1 fully saturated rings. The number of amides is 1. The number of carbonyl (C=O) groups excluding carboxylic acids is 1. The number of benzene rings is 1. The average Bonchev–Trinajstić information content (AvgIpc) is 3.08. The van der Waals surface area contributed by atoms with Gasteiger partial charge in [-0.05, 0) is 30.3 Å². The summed E-state index contributed by atoms with van der Waals surface area (Å²) in [6.07, 6.45) is 3.23. The Morgan fingerprint density at radius 2 is 2.17 bits per heavy atom. The molecule has 3 nitrogen and oxygen atoms in total. The van der Waals surface area contributed by atoms with Gasteiger partial charge in [0, 0.05) is 17.1 Å². The highest BCUT2D eigenvalue weighted by Crippen LogP contribution is 2.34. The van der Waals surface area contributed by atoms with Crippen LogP contribution in [0.15, 0.2) is 56.8 Å². The summed E-state index contributed by atoms with van der Waals surface area (Å²) in [6.45, 7) is 3.98. The van der Waals surface area contributed by atoms with Crippen LogP contribution in [0.4, 0.5) is 4.39 Å². The Balaban J connectivity index is 1.88. The van der Waals surface area contributed by atoms with Gasteiger partial charge in [0.05, 0.1) is 10.5 Å². The Morgan fingerprint density at radius 3 is 2.88 bits per heavy atom. The van der Waals surface area contributed by atoms with Gasteiger partial charge < -0.3 is 4.42 Å². The predicted octanol–water partition coefficient (Wildman–Crippen LogP) is 5.24. The molecule has 1 saturated heterocycles. The number of rotatable bonds is 4. The molecule has 24 heavy (non-hydrogen) atoms. The minimum Gasteiger partial charge on any atom is -0.457 e.